The van der Waals surface area contributed by atoms with Gasteiger partial charge in [0.2, 0.25) is 0 Å². The standard InChI is InChI=1S/C22H25FN6O/c23-18-11-29(12-18)22-9-17(16-2-5-28(6-3-16)19-13-30-14-19)8-21(27-22)26-20-7-15(10-24)1-4-25-20/h1,4,7-9,16,18-19H,2-3,5-6,11-14H2,(H,25,26,27). The molecule has 3 aliphatic heterocycles. The van der Waals surface area contributed by atoms with E-state index in [9.17, 15) is 4.39 Å². The Labute approximate surface area is 175 Å². The van der Waals surface area contributed by atoms with E-state index in [0.717, 1.165) is 45.0 Å². The molecule has 1 N–H and O–H groups in total. The van der Waals surface area contributed by atoms with Crippen molar-refractivity contribution in [1.82, 2.24) is 14.9 Å². The average molecular weight is 408 g/mol. The van der Waals surface area contributed by atoms with Gasteiger partial charge in [-0.15, -0.1) is 0 Å². The van der Waals surface area contributed by atoms with Gasteiger partial charge in [0.25, 0.3) is 0 Å². The quantitative estimate of drug-likeness (QED) is 0.815. The van der Waals surface area contributed by atoms with Crippen molar-refractivity contribution in [1.29, 1.82) is 5.26 Å². The van der Waals surface area contributed by atoms with Crippen LogP contribution in [-0.2, 0) is 4.74 Å². The number of piperidine rings is 1. The van der Waals surface area contributed by atoms with Gasteiger partial charge in [0, 0.05) is 6.20 Å². The lowest BCUT2D eigenvalue weighted by molar-refractivity contribution is -0.0712. The molecule has 0 saturated carbocycles. The van der Waals surface area contributed by atoms with Crippen LogP contribution in [0.3, 0.4) is 0 Å². The second-order valence-electron chi connectivity index (χ2n) is 8.31. The van der Waals surface area contributed by atoms with Gasteiger partial charge in [-0.3, -0.25) is 4.90 Å². The van der Waals surface area contributed by atoms with Gasteiger partial charge in [-0.05, 0) is 61.7 Å². The molecule has 156 valence electrons. The summed E-state index contributed by atoms with van der Waals surface area (Å²) in [4.78, 5) is 13.5. The lowest BCUT2D eigenvalue weighted by Crippen LogP contribution is -2.51. The van der Waals surface area contributed by atoms with E-state index in [2.05, 4.69) is 33.4 Å². The minimum atomic E-state index is -0.784. The zero-order valence-electron chi connectivity index (χ0n) is 16.8. The summed E-state index contributed by atoms with van der Waals surface area (Å²) >= 11 is 0. The first kappa shape index (κ1) is 19.2. The summed E-state index contributed by atoms with van der Waals surface area (Å²) in [5, 5.41) is 12.4. The Bertz CT molecular complexity index is 945. The van der Waals surface area contributed by atoms with Gasteiger partial charge < -0.3 is 15.0 Å². The van der Waals surface area contributed by atoms with E-state index in [1.807, 2.05) is 4.90 Å². The normalized spacial score (nSPS) is 21.0. The Balaban J connectivity index is 1.37. The molecule has 2 aromatic rings. The fourth-order valence-electron chi connectivity index (χ4n) is 4.34. The minimum absolute atomic E-state index is 0.387. The van der Waals surface area contributed by atoms with E-state index in [1.54, 1.807) is 18.3 Å². The number of nitriles is 1. The van der Waals surface area contributed by atoms with Crippen LogP contribution in [0.1, 0.15) is 29.9 Å². The highest BCUT2D eigenvalue weighted by atomic mass is 19.1. The third-order valence-electron chi connectivity index (χ3n) is 6.28. The van der Waals surface area contributed by atoms with Crippen molar-refractivity contribution in [3.63, 3.8) is 0 Å². The van der Waals surface area contributed by atoms with Gasteiger partial charge >= 0.3 is 0 Å². The minimum Gasteiger partial charge on any atom is -0.378 e. The molecular formula is C22H25FN6O. The SMILES string of the molecule is N#Cc1ccnc(Nc2cc(C3CCN(C4COC4)CC3)cc(N3CC(F)C3)n2)c1. The second kappa shape index (κ2) is 8.17. The summed E-state index contributed by atoms with van der Waals surface area (Å²) < 4.78 is 18.8. The number of alkyl halides is 1. The van der Waals surface area contributed by atoms with Crippen LogP contribution in [0.2, 0.25) is 0 Å². The maximum Gasteiger partial charge on any atom is 0.135 e. The molecule has 0 amide bonds. The van der Waals surface area contributed by atoms with Crippen molar-refractivity contribution < 1.29 is 9.13 Å². The van der Waals surface area contributed by atoms with Crippen LogP contribution >= 0.6 is 0 Å². The molecule has 8 heteroatoms. The summed E-state index contributed by atoms with van der Waals surface area (Å²) in [5.41, 5.74) is 1.77. The summed E-state index contributed by atoms with van der Waals surface area (Å²) in [6, 6.07) is 10.3. The fourth-order valence-corrected chi connectivity index (χ4v) is 4.34. The van der Waals surface area contributed by atoms with E-state index < -0.39 is 6.17 Å². The summed E-state index contributed by atoms with van der Waals surface area (Å²) in [6.07, 6.45) is 3.00. The molecule has 7 nitrogen and oxygen atoms in total. The van der Waals surface area contributed by atoms with Gasteiger partial charge in [-0.2, -0.15) is 5.26 Å². The molecule has 30 heavy (non-hydrogen) atoms. The number of rotatable bonds is 5. The molecule has 3 saturated heterocycles. The van der Waals surface area contributed by atoms with E-state index in [1.165, 1.54) is 5.56 Å². The van der Waals surface area contributed by atoms with Crippen molar-refractivity contribution in [2.75, 3.05) is 49.6 Å². The van der Waals surface area contributed by atoms with Crippen LogP contribution in [-0.4, -0.2) is 66.5 Å². The third kappa shape index (κ3) is 3.95. The third-order valence-corrected chi connectivity index (χ3v) is 6.28. The number of likely N-dealkylation sites (tertiary alicyclic amines) is 1. The molecule has 0 bridgehead atoms. The van der Waals surface area contributed by atoms with Crippen LogP contribution in [0, 0.1) is 11.3 Å². The number of anilines is 3. The van der Waals surface area contributed by atoms with Crippen molar-refractivity contribution in [3.05, 3.63) is 41.6 Å². The smallest absolute Gasteiger partial charge is 0.135 e. The molecular weight excluding hydrogens is 383 g/mol. The molecule has 0 unspecified atom stereocenters. The highest BCUT2D eigenvalue weighted by molar-refractivity contribution is 5.59. The predicted octanol–water partition coefficient (Wildman–Crippen LogP) is 2.83. The van der Waals surface area contributed by atoms with Gasteiger partial charge in [0.05, 0.1) is 44.0 Å². The van der Waals surface area contributed by atoms with E-state index in [0.29, 0.717) is 42.2 Å². The van der Waals surface area contributed by atoms with Crippen LogP contribution < -0.4 is 10.2 Å². The predicted molar refractivity (Wildman–Crippen MR) is 112 cm³/mol. The van der Waals surface area contributed by atoms with Gasteiger partial charge in [0.1, 0.15) is 23.6 Å². The number of nitrogens with zero attached hydrogens (tertiary/aromatic N) is 5. The fraction of sp³-hybridized carbons (Fsp3) is 0.500. The molecule has 0 aliphatic carbocycles. The van der Waals surface area contributed by atoms with Gasteiger partial charge in [0.15, 0.2) is 0 Å². The zero-order chi connectivity index (χ0) is 20.5. The van der Waals surface area contributed by atoms with Gasteiger partial charge in [-0.1, -0.05) is 0 Å². The Kier molecular flexibility index (Phi) is 5.23. The topological polar surface area (TPSA) is 77.3 Å². The molecule has 2 aromatic heterocycles. The number of halogens is 1. The first-order valence-electron chi connectivity index (χ1n) is 10.5. The van der Waals surface area contributed by atoms with Crippen molar-refractivity contribution in [2.45, 2.75) is 31.0 Å². The molecule has 0 atom stereocenters. The Morgan fingerprint density at radius 1 is 1.13 bits per heavy atom. The van der Waals surface area contributed by atoms with Gasteiger partial charge in [-0.25, -0.2) is 14.4 Å². The molecule has 3 fully saturated rings. The Hall–Kier alpha value is -2.76. The molecule has 3 aliphatic rings. The maximum absolute atomic E-state index is 13.5. The summed E-state index contributed by atoms with van der Waals surface area (Å²) in [7, 11) is 0. The van der Waals surface area contributed by atoms with Crippen LogP contribution in [0.5, 0.6) is 0 Å². The highest BCUT2D eigenvalue weighted by Gasteiger charge is 2.32. The summed E-state index contributed by atoms with van der Waals surface area (Å²) in [6.45, 7) is 4.62. The summed E-state index contributed by atoms with van der Waals surface area (Å²) in [5.74, 6) is 2.51. The monoisotopic (exact) mass is 408 g/mol. The number of pyridine rings is 2. The number of ether oxygens (including phenoxy) is 1. The Morgan fingerprint density at radius 3 is 2.60 bits per heavy atom. The number of hydrogen-bond acceptors (Lipinski definition) is 7. The first-order chi connectivity index (χ1) is 14.7. The molecule has 5 heterocycles. The largest absolute Gasteiger partial charge is 0.378 e. The van der Waals surface area contributed by atoms with Crippen molar-refractivity contribution >= 4 is 17.5 Å². The van der Waals surface area contributed by atoms with Crippen LogP contribution in [0.15, 0.2) is 30.5 Å². The van der Waals surface area contributed by atoms with Crippen LogP contribution in [0.4, 0.5) is 21.8 Å². The molecule has 0 spiro atoms. The number of aromatic nitrogens is 2. The lowest BCUT2D eigenvalue weighted by Gasteiger charge is -2.41. The molecule has 5 rings (SSSR count). The molecule has 0 radical (unpaired) electrons. The second-order valence-corrected chi connectivity index (χ2v) is 8.31. The zero-order valence-corrected chi connectivity index (χ0v) is 16.8. The first-order valence-corrected chi connectivity index (χ1v) is 10.5. The lowest BCUT2D eigenvalue weighted by atomic mass is 9.89. The number of hydrogen-bond donors (Lipinski definition) is 1. The van der Waals surface area contributed by atoms with E-state index in [-0.39, 0.29) is 0 Å². The highest BCUT2D eigenvalue weighted by Crippen LogP contribution is 2.34. The van der Waals surface area contributed by atoms with Crippen molar-refractivity contribution in [2.24, 2.45) is 0 Å². The average Bonchev–Trinajstić information content (AvgIpc) is 2.70. The Morgan fingerprint density at radius 2 is 1.93 bits per heavy atom. The van der Waals surface area contributed by atoms with Crippen LogP contribution in [0.25, 0.3) is 0 Å². The van der Waals surface area contributed by atoms with Crippen molar-refractivity contribution in [3.8, 4) is 6.07 Å². The number of nitrogens with one attached hydrogen (secondary N) is 1. The van der Waals surface area contributed by atoms with E-state index >= 15 is 0 Å². The maximum atomic E-state index is 13.5. The molecule has 0 aromatic carbocycles. The van der Waals surface area contributed by atoms with E-state index in [4.69, 9.17) is 15.0 Å².